The van der Waals surface area contributed by atoms with Crippen molar-refractivity contribution in [3.63, 3.8) is 0 Å². The quantitative estimate of drug-likeness (QED) is 0.657. The van der Waals surface area contributed by atoms with E-state index < -0.39 is 23.0 Å². The van der Waals surface area contributed by atoms with Crippen molar-refractivity contribution in [1.29, 1.82) is 0 Å². The van der Waals surface area contributed by atoms with Gasteiger partial charge in [0.15, 0.2) is 0 Å². The predicted molar refractivity (Wildman–Crippen MR) is 134 cm³/mol. The monoisotopic (exact) mass is 470 g/mol. The summed E-state index contributed by atoms with van der Waals surface area (Å²) in [5.41, 5.74) is -0.352. The highest BCUT2D eigenvalue weighted by molar-refractivity contribution is 5.93. The van der Waals surface area contributed by atoms with Gasteiger partial charge in [-0.05, 0) is 43.6 Å². The van der Waals surface area contributed by atoms with E-state index in [-0.39, 0.29) is 17.9 Å². The maximum Gasteiger partial charge on any atom is 0.316 e. The molecule has 0 spiro atoms. The number of nitrogens with zero attached hydrogens (tertiary/aromatic N) is 2. The van der Waals surface area contributed by atoms with Crippen molar-refractivity contribution in [3.05, 3.63) is 35.9 Å². The Kier molecular flexibility index (Phi) is 8.26. The Morgan fingerprint density at radius 2 is 1.74 bits per heavy atom. The normalized spacial score (nSPS) is 21.0. The lowest BCUT2D eigenvalue weighted by Gasteiger charge is -2.40. The Hall–Kier alpha value is -2.57. The second kappa shape index (κ2) is 10.8. The molecular weight excluding hydrogens is 428 g/mol. The predicted octanol–water partition coefficient (Wildman–Crippen LogP) is 4.07. The number of likely N-dealkylation sites (tertiary alicyclic amines) is 1. The number of likely N-dealkylation sites (N-methyl/N-ethyl adjacent to an activating group) is 1. The maximum absolute atomic E-state index is 13.6. The molecule has 188 valence electrons. The lowest BCUT2D eigenvalue weighted by molar-refractivity contribution is -0.138. The van der Waals surface area contributed by atoms with Crippen LogP contribution >= 0.6 is 0 Å². The minimum absolute atomic E-state index is 0.0436. The number of carbonyl (C=O) groups excluding carboxylic acids is 3. The van der Waals surface area contributed by atoms with Gasteiger partial charge < -0.3 is 20.4 Å². The van der Waals surface area contributed by atoms with Crippen LogP contribution in [0, 0.1) is 5.41 Å². The van der Waals surface area contributed by atoms with E-state index >= 15 is 0 Å². The summed E-state index contributed by atoms with van der Waals surface area (Å²) in [5, 5.41) is 6.00. The molecule has 7 nitrogen and oxygen atoms in total. The van der Waals surface area contributed by atoms with E-state index in [9.17, 15) is 14.4 Å². The molecule has 1 aromatic carbocycles. The Labute approximate surface area is 204 Å². The van der Waals surface area contributed by atoms with E-state index in [0.29, 0.717) is 19.4 Å². The van der Waals surface area contributed by atoms with Crippen LogP contribution in [-0.2, 0) is 16.1 Å². The molecule has 0 aromatic heterocycles. The lowest BCUT2D eigenvalue weighted by atomic mass is 9.80. The van der Waals surface area contributed by atoms with Gasteiger partial charge in [0.2, 0.25) is 11.8 Å². The second-order valence-corrected chi connectivity index (χ2v) is 11.2. The average Bonchev–Trinajstić information content (AvgIpc) is 3.23. The Morgan fingerprint density at radius 3 is 2.29 bits per heavy atom. The first-order valence-corrected chi connectivity index (χ1v) is 12.7. The summed E-state index contributed by atoms with van der Waals surface area (Å²) in [5.74, 6) is -0.115. The molecule has 0 bridgehead atoms. The van der Waals surface area contributed by atoms with Gasteiger partial charge in [-0.1, -0.05) is 70.4 Å². The van der Waals surface area contributed by atoms with Gasteiger partial charge in [0.05, 0.1) is 0 Å². The van der Waals surface area contributed by atoms with E-state index in [1.165, 1.54) is 0 Å². The Bertz CT molecular complexity index is 858. The molecule has 1 heterocycles. The van der Waals surface area contributed by atoms with Crippen molar-refractivity contribution in [2.75, 3.05) is 13.6 Å². The molecule has 1 saturated carbocycles. The highest BCUT2D eigenvalue weighted by atomic mass is 16.2. The number of rotatable bonds is 6. The number of nitrogens with one attached hydrogen (secondary N) is 2. The van der Waals surface area contributed by atoms with Crippen LogP contribution < -0.4 is 10.6 Å². The van der Waals surface area contributed by atoms with Crippen LogP contribution in [0.5, 0.6) is 0 Å². The average molecular weight is 471 g/mol. The van der Waals surface area contributed by atoms with Crippen LogP contribution in [-0.4, -0.2) is 58.9 Å². The molecule has 1 aliphatic carbocycles. The Morgan fingerprint density at radius 1 is 1.09 bits per heavy atom. The fourth-order valence-corrected chi connectivity index (χ4v) is 5.30. The third-order valence-corrected chi connectivity index (χ3v) is 7.30. The molecule has 3 rings (SSSR count). The molecule has 2 aliphatic rings. The van der Waals surface area contributed by atoms with Crippen molar-refractivity contribution >= 4 is 17.8 Å². The molecule has 2 fully saturated rings. The zero-order chi connectivity index (χ0) is 24.9. The first kappa shape index (κ1) is 26.0. The van der Waals surface area contributed by atoms with Crippen molar-refractivity contribution in [1.82, 2.24) is 20.4 Å². The van der Waals surface area contributed by atoms with E-state index in [1.54, 1.807) is 11.9 Å². The summed E-state index contributed by atoms with van der Waals surface area (Å²) >= 11 is 0. The molecule has 4 amide bonds. The van der Waals surface area contributed by atoms with Crippen LogP contribution in [0.1, 0.15) is 78.2 Å². The molecule has 7 heteroatoms. The minimum Gasteiger partial charge on any atom is -0.339 e. The maximum atomic E-state index is 13.6. The molecule has 0 radical (unpaired) electrons. The third-order valence-electron chi connectivity index (χ3n) is 7.30. The molecule has 1 aromatic rings. The van der Waals surface area contributed by atoms with E-state index in [4.69, 9.17) is 0 Å². The van der Waals surface area contributed by atoms with Crippen LogP contribution in [0.25, 0.3) is 0 Å². The first-order chi connectivity index (χ1) is 16.0. The molecular formula is C27H42N4O3. The van der Waals surface area contributed by atoms with Gasteiger partial charge in [0.1, 0.15) is 11.6 Å². The zero-order valence-corrected chi connectivity index (χ0v) is 21.5. The SMILES string of the molecule is CC1CCCN1C(=O)C(NC(=O)NC1(C(=O)N(C)Cc2ccccc2)CCCCC1)C(C)(C)C. The fourth-order valence-electron chi connectivity index (χ4n) is 5.30. The van der Waals surface area contributed by atoms with Crippen LogP contribution in [0.15, 0.2) is 30.3 Å². The van der Waals surface area contributed by atoms with Crippen molar-refractivity contribution < 1.29 is 14.4 Å². The molecule has 1 aliphatic heterocycles. The number of carbonyl (C=O) groups is 3. The number of amides is 4. The molecule has 34 heavy (non-hydrogen) atoms. The minimum atomic E-state index is -0.946. The lowest BCUT2D eigenvalue weighted by Crippen LogP contribution is -2.64. The van der Waals surface area contributed by atoms with E-state index in [0.717, 1.165) is 44.2 Å². The standard InChI is InChI=1S/C27H42N4O3/c1-20-13-12-18-31(20)23(32)22(26(2,3)4)28-25(34)29-27(16-10-7-11-17-27)24(33)30(5)19-21-14-8-6-9-15-21/h6,8-9,14-15,20,22H,7,10-13,16-19H2,1-5H3,(H2,28,29,34). The van der Waals surface area contributed by atoms with Gasteiger partial charge in [-0.25, -0.2) is 4.79 Å². The summed E-state index contributed by atoms with van der Waals surface area (Å²) in [7, 11) is 1.79. The van der Waals surface area contributed by atoms with Crippen LogP contribution in [0.3, 0.4) is 0 Å². The van der Waals surface area contributed by atoms with Gasteiger partial charge in [-0.3, -0.25) is 9.59 Å². The van der Waals surface area contributed by atoms with Crippen molar-refractivity contribution in [3.8, 4) is 0 Å². The summed E-state index contributed by atoms with van der Waals surface area (Å²) in [4.78, 5) is 43.9. The number of hydrogen-bond donors (Lipinski definition) is 2. The fraction of sp³-hybridized carbons (Fsp3) is 0.667. The summed E-state index contributed by atoms with van der Waals surface area (Å²) in [6, 6.07) is 8.94. The van der Waals surface area contributed by atoms with Crippen LogP contribution in [0.2, 0.25) is 0 Å². The van der Waals surface area contributed by atoms with E-state index in [2.05, 4.69) is 17.6 Å². The van der Waals surface area contributed by atoms with Gasteiger partial charge in [0, 0.05) is 26.2 Å². The van der Waals surface area contributed by atoms with E-state index in [1.807, 2.05) is 56.0 Å². The highest BCUT2D eigenvalue weighted by Gasteiger charge is 2.44. The first-order valence-electron chi connectivity index (χ1n) is 12.7. The summed E-state index contributed by atoms with van der Waals surface area (Å²) < 4.78 is 0. The zero-order valence-electron chi connectivity index (χ0n) is 21.5. The smallest absolute Gasteiger partial charge is 0.316 e. The van der Waals surface area contributed by atoms with Gasteiger partial charge in [0.25, 0.3) is 0 Å². The van der Waals surface area contributed by atoms with Crippen molar-refractivity contribution in [2.45, 2.75) is 96.8 Å². The summed E-state index contributed by atoms with van der Waals surface area (Å²) in [6.45, 7) is 9.16. The molecule has 2 N–H and O–H groups in total. The highest BCUT2D eigenvalue weighted by Crippen LogP contribution is 2.31. The van der Waals surface area contributed by atoms with Crippen molar-refractivity contribution in [2.24, 2.45) is 5.41 Å². The van der Waals surface area contributed by atoms with Gasteiger partial charge in [-0.15, -0.1) is 0 Å². The van der Waals surface area contributed by atoms with Crippen LogP contribution in [0.4, 0.5) is 4.79 Å². The third kappa shape index (κ3) is 6.10. The molecule has 1 saturated heterocycles. The van der Waals surface area contributed by atoms with Gasteiger partial charge >= 0.3 is 6.03 Å². The van der Waals surface area contributed by atoms with Gasteiger partial charge in [-0.2, -0.15) is 0 Å². The molecule has 2 atom stereocenters. The topological polar surface area (TPSA) is 81.8 Å². The number of benzene rings is 1. The Balaban J connectivity index is 1.74. The number of hydrogen-bond acceptors (Lipinski definition) is 3. The number of urea groups is 1. The second-order valence-electron chi connectivity index (χ2n) is 11.2. The summed E-state index contributed by atoms with van der Waals surface area (Å²) in [6.07, 6.45) is 6.01. The molecule has 2 unspecified atom stereocenters. The largest absolute Gasteiger partial charge is 0.339 e.